The highest BCUT2D eigenvalue weighted by atomic mass is 32.2. The number of amides is 1. The molecule has 10 heteroatoms. The second kappa shape index (κ2) is 10.2. The number of carbonyl (C=O) groups is 3. The number of rotatable bonds is 8. The molecule has 29 heavy (non-hydrogen) atoms. The van der Waals surface area contributed by atoms with Crippen molar-refractivity contribution in [3.8, 4) is 0 Å². The van der Waals surface area contributed by atoms with Crippen molar-refractivity contribution in [2.75, 3.05) is 19.0 Å². The summed E-state index contributed by atoms with van der Waals surface area (Å²) in [6, 6.07) is 11.9. The van der Waals surface area contributed by atoms with Crippen LogP contribution in [0.5, 0.6) is 0 Å². The number of ether oxygens (including phenoxy) is 2. The molecule has 152 valence electrons. The van der Waals surface area contributed by atoms with Crippen LogP contribution in [0.4, 0.5) is 11.4 Å². The Balaban J connectivity index is 1.84. The van der Waals surface area contributed by atoms with E-state index in [2.05, 4.69) is 10.1 Å². The van der Waals surface area contributed by atoms with Gasteiger partial charge < -0.3 is 14.8 Å². The number of nitrogens with zero attached hydrogens (tertiary/aromatic N) is 1. The molecule has 0 spiro atoms. The molecule has 1 N–H and O–H groups in total. The van der Waals surface area contributed by atoms with E-state index in [9.17, 15) is 24.5 Å². The summed E-state index contributed by atoms with van der Waals surface area (Å²) >= 11 is 1.16. The SMILES string of the molecule is COC(=O)c1cccc(NC(=O)COC(=O)C(C)Sc2ccc([N+](=O)[O-])cc2)c1. The Morgan fingerprint density at radius 1 is 1.17 bits per heavy atom. The fourth-order valence-corrected chi connectivity index (χ4v) is 3.06. The summed E-state index contributed by atoms with van der Waals surface area (Å²) in [6.07, 6.45) is 0. The maximum Gasteiger partial charge on any atom is 0.337 e. The molecular weight excluding hydrogens is 400 g/mol. The predicted octanol–water partition coefficient (Wildman–Crippen LogP) is 3.04. The Hall–Kier alpha value is -3.40. The molecule has 0 aromatic heterocycles. The van der Waals surface area contributed by atoms with Crippen LogP contribution in [-0.2, 0) is 19.1 Å². The van der Waals surface area contributed by atoms with Crippen LogP contribution >= 0.6 is 11.8 Å². The van der Waals surface area contributed by atoms with Gasteiger partial charge in [0.1, 0.15) is 5.25 Å². The van der Waals surface area contributed by atoms with E-state index in [1.54, 1.807) is 25.1 Å². The minimum atomic E-state index is -0.619. The van der Waals surface area contributed by atoms with Crippen LogP contribution in [0.25, 0.3) is 0 Å². The smallest absolute Gasteiger partial charge is 0.337 e. The van der Waals surface area contributed by atoms with Crippen molar-refractivity contribution < 1.29 is 28.8 Å². The van der Waals surface area contributed by atoms with Gasteiger partial charge in [0.2, 0.25) is 0 Å². The average Bonchev–Trinajstić information content (AvgIpc) is 2.71. The zero-order chi connectivity index (χ0) is 21.4. The largest absolute Gasteiger partial charge is 0.465 e. The molecule has 0 radical (unpaired) electrons. The summed E-state index contributed by atoms with van der Waals surface area (Å²) in [6.45, 7) is 1.11. The average molecular weight is 418 g/mol. The fourth-order valence-electron chi connectivity index (χ4n) is 2.19. The standard InChI is InChI=1S/C19H18N2O7S/c1-12(29-16-8-6-15(7-9-16)21(25)26)18(23)28-11-17(22)20-14-5-3-4-13(10-14)19(24)27-2/h3-10,12H,11H2,1-2H3,(H,20,22). The van der Waals surface area contributed by atoms with E-state index in [-0.39, 0.29) is 11.3 Å². The highest BCUT2D eigenvalue weighted by Crippen LogP contribution is 2.26. The van der Waals surface area contributed by atoms with Crippen LogP contribution in [0.3, 0.4) is 0 Å². The Bertz CT molecular complexity index is 915. The maximum absolute atomic E-state index is 12.1. The molecule has 1 atom stereocenters. The number of hydrogen-bond acceptors (Lipinski definition) is 8. The predicted molar refractivity (Wildman–Crippen MR) is 106 cm³/mol. The number of anilines is 1. The fraction of sp³-hybridized carbons (Fsp3) is 0.211. The Morgan fingerprint density at radius 3 is 2.48 bits per heavy atom. The zero-order valence-electron chi connectivity index (χ0n) is 15.6. The minimum Gasteiger partial charge on any atom is -0.465 e. The van der Waals surface area contributed by atoms with E-state index >= 15 is 0 Å². The molecule has 0 aliphatic rings. The van der Waals surface area contributed by atoms with Crippen LogP contribution in [0, 0.1) is 10.1 Å². The van der Waals surface area contributed by atoms with Gasteiger partial charge in [-0.15, -0.1) is 11.8 Å². The van der Waals surface area contributed by atoms with Gasteiger partial charge in [0.05, 0.1) is 17.6 Å². The van der Waals surface area contributed by atoms with E-state index in [0.29, 0.717) is 10.6 Å². The Morgan fingerprint density at radius 2 is 1.86 bits per heavy atom. The number of nitrogens with one attached hydrogen (secondary N) is 1. The summed E-state index contributed by atoms with van der Waals surface area (Å²) in [5.41, 5.74) is 0.593. The number of nitro benzene ring substituents is 1. The van der Waals surface area contributed by atoms with E-state index < -0.39 is 34.6 Å². The molecule has 2 rings (SSSR count). The summed E-state index contributed by atoms with van der Waals surface area (Å²) in [5.74, 6) is -1.70. The lowest BCUT2D eigenvalue weighted by atomic mass is 10.2. The molecule has 0 aliphatic carbocycles. The molecule has 2 aromatic rings. The molecule has 0 saturated carbocycles. The van der Waals surface area contributed by atoms with E-state index in [0.717, 1.165) is 11.8 Å². The molecule has 0 heterocycles. The van der Waals surface area contributed by atoms with Gasteiger partial charge in [-0.25, -0.2) is 4.79 Å². The third-order valence-corrected chi connectivity index (χ3v) is 4.70. The summed E-state index contributed by atoms with van der Waals surface area (Å²) < 4.78 is 9.61. The first kappa shape index (κ1) is 21.9. The zero-order valence-corrected chi connectivity index (χ0v) is 16.4. The normalized spacial score (nSPS) is 11.2. The number of methoxy groups -OCH3 is 1. The Labute approximate surface area is 170 Å². The van der Waals surface area contributed by atoms with Gasteiger partial charge in [-0.1, -0.05) is 6.07 Å². The number of nitro groups is 1. The lowest BCUT2D eigenvalue weighted by Gasteiger charge is -2.11. The van der Waals surface area contributed by atoms with Gasteiger partial charge in [0.25, 0.3) is 11.6 Å². The van der Waals surface area contributed by atoms with Gasteiger partial charge in [0.15, 0.2) is 6.61 Å². The van der Waals surface area contributed by atoms with Crippen molar-refractivity contribution in [3.05, 3.63) is 64.2 Å². The number of benzene rings is 2. The van der Waals surface area contributed by atoms with E-state index in [4.69, 9.17) is 4.74 Å². The molecular formula is C19H18N2O7S. The van der Waals surface area contributed by atoms with Crippen LogP contribution in [0.2, 0.25) is 0 Å². The van der Waals surface area contributed by atoms with Crippen LogP contribution in [0.15, 0.2) is 53.4 Å². The first-order valence-electron chi connectivity index (χ1n) is 8.36. The highest BCUT2D eigenvalue weighted by Gasteiger charge is 2.18. The first-order chi connectivity index (χ1) is 13.8. The molecule has 9 nitrogen and oxygen atoms in total. The Kier molecular flexibility index (Phi) is 7.72. The quantitative estimate of drug-likeness (QED) is 0.300. The van der Waals surface area contributed by atoms with Crippen molar-refractivity contribution in [1.82, 2.24) is 0 Å². The molecule has 1 unspecified atom stereocenters. The lowest BCUT2D eigenvalue weighted by molar-refractivity contribution is -0.384. The topological polar surface area (TPSA) is 125 Å². The minimum absolute atomic E-state index is 0.0440. The van der Waals surface area contributed by atoms with E-state index in [1.807, 2.05) is 0 Å². The van der Waals surface area contributed by atoms with Crippen LogP contribution in [-0.4, -0.2) is 41.7 Å². The highest BCUT2D eigenvalue weighted by molar-refractivity contribution is 8.00. The van der Waals surface area contributed by atoms with Gasteiger partial charge in [-0.3, -0.25) is 19.7 Å². The second-order valence-corrected chi connectivity index (χ2v) is 7.15. The third kappa shape index (κ3) is 6.61. The molecule has 1 amide bonds. The van der Waals surface area contributed by atoms with Gasteiger partial charge in [0, 0.05) is 22.7 Å². The summed E-state index contributed by atoms with van der Waals surface area (Å²) in [5, 5.41) is 12.6. The molecule has 0 aliphatic heterocycles. The number of esters is 2. The van der Waals surface area contributed by atoms with Crippen molar-refractivity contribution in [2.24, 2.45) is 0 Å². The summed E-state index contributed by atoms with van der Waals surface area (Å²) in [7, 11) is 1.25. The lowest BCUT2D eigenvalue weighted by Crippen LogP contribution is -2.24. The monoisotopic (exact) mass is 418 g/mol. The molecule has 0 fully saturated rings. The van der Waals surface area contributed by atoms with Crippen molar-refractivity contribution in [1.29, 1.82) is 0 Å². The number of non-ortho nitro benzene ring substituents is 1. The number of thioether (sulfide) groups is 1. The van der Waals surface area contributed by atoms with Gasteiger partial charge in [-0.2, -0.15) is 0 Å². The molecule has 2 aromatic carbocycles. The summed E-state index contributed by atoms with van der Waals surface area (Å²) in [4.78, 5) is 46.3. The van der Waals surface area contributed by atoms with Crippen molar-refractivity contribution in [2.45, 2.75) is 17.1 Å². The maximum atomic E-state index is 12.1. The second-order valence-electron chi connectivity index (χ2n) is 5.74. The van der Waals surface area contributed by atoms with Crippen LogP contribution < -0.4 is 5.32 Å². The van der Waals surface area contributed by atoms with Crippen LogP contribution in [0.1, 0.15) is 17.3 Å². The van der Waals surface area contributed by atoms with Gasteiger partial charge >= 0.3 is 11.9 Å². The number of carbonyl (C=O) groups excluding carboxylic acids is 3. The first-order valence-corrected chi connectivity index (χ1v) is 9.24. The number of hydrogen-bond donors (Lipinski definition) is 1. The molecule has 0 bridgehead atoms. The van der Waals surface area contributed by atoms with Crippen molar-refractivity contribution >= 4 is 41.0 Å². The molecule has 0 saturated heterocycles. The van der Waals surface area contributed by atoms with E-state index in [1.165, 1.54) is 37.4 Å². The van der Waals surface area contributed by atoms with Gasteiger partial charge in [-0.05, 0) is 37.3 Å². The third-order valence-electron chi connectivity index (χ3n) is 3.61. The van der Waals surface area contributed by atoms with Crippen molar-refractivity contribution in [3.63, 3.8) is 0 Å².